The molecule has 2 heterocycles. The number of para-hydroxylation sites is 1. The van der Waals surface area contributed by atoms with E-state index in [-0.39, 0.29) is 17.7 Å². The smallest absolute Gasteiger partial charge is 0.323 e. The summed E-state index contributed by atoms with van der Waals surface area (Å²) in [6.07, 6.45) is 0.978. The second kappa shape index (κ2) is 6.54. The summed E-state index contributed by atoms with van der Waals surface area (Å²) in [7, 11) is 0. The molecule has 0 saturated heterocycles. The molecule has 0 saturated carbocycles. The molecule has 3 rings (SSSR count). The Morgan fingerprint density at radius 1 is 1.23 bits per heavy atom. The number of anilines is 1. The summed E-state index contributed by atoms with van der Waals surface area (Å²) in [5.41, 5.74) is 1.66. The van der Waals surface area contributed by atoms with E-state index in [1.807, 2.05) is 29.6 Å². The fourth-order valence-corrected chi connectivity index (χ4v) is 4.88. The third-order valence-corrected chi connectivity index (χ3v) is 5.75. The molecule has 114 valence electrons. The lowest BCUT2D eigenvalue weighted by molar-refractivity contribution is -0.136. The van der Waals surface area contributed by atoms with Crippen LogP contribution in [0.2, 0.25) is 0 Å². The number of carbonyl (C=O) groups excluding carboxylic acids is 1. The number of aryl methyl sites for hydroxylation is 1. The molecule has 4 nitrogen and oxygen atoms in total. The Morgan fingerprint density at radius 3 is 2.73 bits per heavy atom. The minimum atomic E-state index is -1.01. The molecular formula is C16H15NO3S2. The number of thiophene rings is 1. The van der Waals surface area contributed by atoms with Gasteiger partial charge in [0.15, 0.2) is 0 Å². The van der Waals surface area contributed by atoms with Gasteiger partial charge in [-0.1, -0.05) is 18.2 Å². The van der Waals surface area contributed by atoms with Crippen LogP contribution in [0.3, 0.4) is 0 Å². The Balaban J connectivity index is 1.92. The van der Waals surface area contributed by atoms with Gasteiger partial charge in [-0.3, -0.25) is 14.5 Å². The van der Waals surface area contributed by atoms with E-state index >= 15 is 0 Å². The zero-order valence-electron chi connectivity index (χ0n) is 11.8. The van der Waals surface area contributed by atoms with Crippen molar-refractivity contribution in [3.05, 3.63) is 52.2 Å². The maximum Gasteiger partial charge on any atom is 0.323 e. The van der Waals surface area contributed by atoms with Crippen molar-refractivity contribution in [2.45, 2.75) is 11.7 Å². The van der Waals surface area contributed by atoms with Crippen molar-refractivity contribution >= 4 is 40.7 Å². The average molecular weight is 333 g/mol. The van der Waals surface area contributed by atoms with Gasteiger partial charge in [-0.15, -0.1) is 23.1 Å². The Morgan fingerprint density at radius 2 is 2.00 bits per heavy atom. The van der Waals surface area contributed by atoms with Crippen LogP contribution in [0.15, 0.2) is 41.8 Å². The number of thioether (sulfide) groups is 1. The van der Waals surface area contributed by atoms with Crippen molar-refractivity contribution < 1.29 is 14.7 Å². The molecule has 0 fully saturated rings. The molecule has 1 atom stereocenters. The van der Waals surface area contributed by atoms with Gasteiger partial charge in [0.2, 0.25) is 5.91 Å². The highest BCUT2D eigenvalue weighted by atomic mass is 32.2. The summed E-state index contributed by atoms with van der Waals surface area (Å²) in [6.45, 7) is -0.320. The van der Waals surface area contributed by atoms with Crippen LogP contribution in [-0.4, -0.2) is 29.3 Å². The highest BCUT2D eigenvalue weighted by molar-refractivity contribution is 8.00. The normalized spacial score (nSPS) is 16.8. The van der Waals surface area contributed by atoms with E-state index in [0.717, 1.165) is 17.7 Å². The van der Waals surface area contributed by atoms with Crippen LogP contribution in [-0.2, 0) is 16.0 Å². The Kier molecular flexibility index (Phi) is 4.49. The third-order valence-electron chi connectivity index (χ3n) is 3.53. The molecule has 0 radical (unpaired) electrons. The fraction of sp³-hybridized carbons (Fsp3) is 0.250. The summed E-state index contributed by atoms with van der Waals surface area (Å²) in [5.74, 6) is -0.277. The van der Waals surface area contributed by atoms with Gasteiger partial charge in [0.25, 0.3) is 0 Å². The predicted octanol–water partition coefficient (Wildman–Crippen LogP) is 3.20. The topological polar surface area (TPSA) is 57.6 Å². The zero-order valence-corrected chi connectivity index (χ0v) is 13.4. The SMILES string of the molecule is O=C(O)CN(C(=O)C1SCCc2sccc21)c1ccccc1. The van der Waals surface area contributed by atoms with Gasteiger partial charge in [-0.2, -0.15) is 0 Å². The Labute approximate surface area is 136 Å². The highest BCUT2D eigenvalue weighted by Crippen LogP contribution is 2.41. The molecular weight excluding hydrogens is 318 g/mol. The molecule has 1 aromatic carbocycles. The van der Waals surface area contributed by atoms with E-state index in [4.69, 9.17) is 5.11 Å². The number of rotatable bonds is 4. The summed E-state index contributed by atoms with van der Waals surface area (Å²) < 4.78 is 0. The molecule has 0 spiro atoms. The lowest BCUT2D eigenvalue weighted by Crippen LogP contribution is -2.39. The van der Waals surface area contributed by atoms with Crippen LogP contribution in [0.4, 0.5) is 5.69 Å². The van der Waals surface area contributed by atoms with E-state index in [1.165, 1.54) is 9.78 Å². The number of carboxylic acids is 1. The molecule has 1 aromatic heterocycles. The summed E-state index contributed by atoms with van der Waals surface area (Å²) >= 11 is 3.26. The van der Waals surface area contributed by atoms with Crippen LogP contribution < -0.4 is 4.90 Å². The lowest BCUT2D eigenvalue weighted by Gasteiger charge is -2.28. The van der Waals surface area contributed by atoms with Crippen molar-refractivity contribution in [2.24, 2.45) is 0 Å². The maximum absolute atomic E-state index is 12.9. The van der Waals surface area contributed by atoms with Crippen LogP contribution >= 0.6 is 23.1 Å². The van der Waals surface area contributed by atoms with Gasteiger partial charge < -0.3 is 5.11 Å². The van der Waals surface area contributed by atoms with Gasteiger partial charge in [-0.05, 0) is 41.3 Å². The zero-order chi connectivity index (χ0) is 15.5. The van der Waals surface area contributed by atoms with Crippen LogP contribution in [0.25, 0.3) is 0 Å². The molecule has 1 N–H and O–H groups in total. The molecule has 0 aliphatic carbocycles. The van der Waals surface area contributed by atoms with Gasteiger partial charge in [0.1, 0.15) is 11.8 Å². The standard InChI is InChI=1S/C16H15NO3S2/c18-14(19)10-17(11-4-2-1-3-5-11)16(20)15-12-6-8-21-13(12)7-9-22-15/h1-6,8,15H,7,9-10H2,(H,18,19). The van der Waals surface area contributed by atoms with Crippen LogP contribution in [0.1, 0.15) is 15.7 Å². The second-order valence-corrected chi connectivity index (χ2v) is 7.17. The number of fused-ring (bicyclic) bond motifs is 1. The number of hydrogen-bond acceptors (Lipinski definition) is 4. The number of amides is 1. The fourth-order valence-electron chi connectivity index (χ4n) is 2.53. The van der Waals surface area contributed by atoms with Crippen molar-refractivity contribution in [1.82, 2.24) is 0 Å². The molecule has 1 aliphatic heterocycles. The Hall–Kier alpha value is -1.79. The number of nitrogens with zero attached hydrogens (tertiary/aromatic N) is 1. The van der Waals surface area contributed by atoms with Gasteiger partial charge in [-0.25, -0.2) is 0 Å². The number of benzene rings is 1. The molecule has 0 bridgehead atoms. The molecule has 1 aliphatic rings. The number of carbonyl (C=O) groups is 2. The lowest BCUT2D eigenvalue weighted by atomic mass is 10.1. The Bertz CT molecular complexity index is 684. The van der Waals surface area contributed by atoms with Crippen molar-refractivity contribution in [3.63, 3.8) is 0 Å². The molecule has 2 aromatic rings. The molecule has 22 heavy (non-hydrogen) atoms. The molecule has 1 unspecified atom stereocenters. The number of hydrogen-bond donors (Lipinski definition) is 1. The van der Waals surface area contributed by atoms with Gasteiger partial charge in [0.05, 0.1) is 0 Å². The van der Waals surface area contributed by atoms with Crippen molar-refractivity contribution in [3.8, 4) is 0 Å². The maximum atomic E-state index is 12.9. The van der Waals surface area contributed by atoms with Crippen molar-refractivity contribution in [2.75, 3.05) is 17.2 Å². The minimum Gasteiger partial charge on any atom is -0.480 e. The first-order valence-corrected chi connectivity index (χ1v) is 8.86. The van der Waals surface area contributed by atoms with E-state index in [1.54, 1.807) is 35.2 Å². The van der Waals surface area contributed by atoms with Crippen LogP contribution in [0, 0.1) is 0 Å². The first-order chi connectivity index (χ1) is 10.7. The molecule has 1 amide bonds. The first-order valence-electron chi connectivity index (χ1n) is 6.93. The van der Waals surface area contributed by atoms with E-state index in [2.05, 4.69) is 0 Å². The van der Waals surface area contributed by atoms with E-state index < -0.39 is 5.97 Å². The predicted molar refractivity (Wildman–Crippen MR) is 89.7 cm³/mol. The number of carboxylic acid groups (broad SMARTS) is 1. The minimum absolute atomic E-state index is 0.155. The highest BCUT2D eigenvalue weighted by Gasteiger charge is 2.32. The van der Waals surface area contributed by atoms with Crippen molar-refractivity contribution in [1.29, 1.82) is 0 Å². The quantitative estimate of drug-likeness (QED) is 0.933. The summed E-state index contributed by atoms with van der Waals surface area (Å²) in [6, 6.07) is 11.0. The largest absolute Gasteiger partial charge is 0.480 e. The second-order valence-electron chi connectivity index (χ2n) is 4.95. The summed E-state index contributed by atoms with van der Waals surface area (Å²) in [4.78, 5) is 26.7. The summed E-state index contributed by atoms with van der Waals surface area (Å²) in [5, 5.41) is 10.8. The van der Waals surface area contributed by atoms with Gasteiger partial charge in [0, 0.05) is 10.6 Å². The van der Waals surface area contributed by atoms with E-state index in [0.29, 0.717) is 5.69 Å². The first kappa shape index (κ1) is 15.1. The monoisotopic (exact) mass is 333 g/mol. The third kappa shape index (κ3) is 3.03. The average Bonchev–Trinajstić information content (AvgIpc) is 3.01. The van der Waals surface area contributed by atoms with Gasteiger partial charge >= 0.3 is 5.97 Å². The van der Waals surface area contributed by atoms with E-state index in [9.17, 15) is 9.59 Å². The molecule has 6 heteroatoms. The number of aliphatic carboxylic acids is 1. The van der Waals surface area contributed by atoms with Crippen LogP contribution in [0.5, 0.6) is 0 Å².